The maximum Gasteiger partial charge on any atom is 0.137 e. The number of ketones is 1. The largest absolute Gasteiger partial charge is 0.492 e. The molecule has 0 radical (unpaired) electrons. The molecule has 0 aromatic heterocycles. The third-order valence-corrected chi connectivity index (χ3v) is 3.84. The number of hydrogen-bond acceptors (Lipinski definition) is 2. The third kappa shape index (κ3) is 3.46. The smallest absolute Gasteiger partial charge is 0.137 e. The minimum Gasteiger partial charge on any atom is -0.492 e. The van der Waals surface area contributed by atoms with Gasteiger partial charge in [0.05, 0.1) is 11.6 Å². The van der Waals surface area contributed by atoms with Crippen LogP contribution in [0.4, 0.5) is 0 Å². The molecule has 2 nitrogen and oxygen atoms in total. The monoisotopic (exact) mass is 316 g/mol. The van der Waals surface area contributed by atoms with Gasteiger partial charge < -0.3 is 4.74 Å². The van der Waals surface area contributed by atoms with Crippen molar-refractivity contribution in [2.75, 3.05) is 6.61 Å². The topological polar surface area (TPSA) is 26.3 Å². The molecule has 0 N–H and O–H groups in total. The third-order valence-electron chi connectivity index (χ3n) is 3.05. The highest BCUT2D eigenvalue weighted by atomic mass is 79.9. The van der Waals surface area contributed by atoms with Crippen LogP contribution < -0.4 is 4.74 Å². The maximum atomic E-state index is 11.4. The summed E-state index contributed by atoms with van der Waals surface area (Å²) in [6.45, 7) is 0.553. The van der Waals surface area contributed by atoms with Crippen molar-refractivity contribution in [2.24, 2.45) is 5.92 Å². The quantitative estimate of drug-likeness (QED) is 0.830. The Labute approximate surface area is 114 Å². The summed E-state index contributed by atoms with van der Waals surface area (Å²) >= 11 is 9.37. The highest BCUT2D eigenvalue weighted by Crippen LogP contribution is 2.29. The first-order valence-corrected chi connectivity index (χ1v) is 6.94. The first-order chi connectivity index (χ1) is 8.16. The van der Waals surface area contributed by atoms with E-state index in [-0.39, 0.29) is 5.92 Å². The van der Waals surface area contributed by atoms with Gasteiger partial charge >= 0.3 is 0 Å². The van der Waals surface area contributed by atoms with Crippen LogP contribution in [0.3, 0.4) is 0 Å². The second-order valence-corrected chi connectivity index (χ2v) is 5.59. The van der Waals surface area contributed by atoms with Gasteiger partial charge in [-0.05, 0) is 37.5 Å². The van der Waals surface area contributed by atoms with E-state index in [1.54, 1.807) is 6.07 Å². The number of carbonyl (C=O) groups is 1. The Morgan fingerprint density at radius 3 is 2.94 bits per heavy atom. The zero-order chi connectivity index (χ0) is 12.3. The van der Waals surface area contributed by atoms with Crippen molar-refractivity contribution < 1.29 is 9.53 Å². The lowest BCUT2D eigenvalue weighted by Gasteiger charge is -2.11. The minimum absolute atomic E-state index is 0.198. The Kier molecular flexibility index (Phi) is 4.46. The fourth-order valence-corrected chi connectivity index (χ4v) is 2.82. The van der Waals surface area contributed by atoms with E-state index in [2.05, 4.69) is 15.9 Å². The van der Waals surface area contributed by atoms with Crippen LogP contribution in [-0.4, -0.2) is 12.4 Å². The summed E-state index contributed by atoms with van der Waals surface area (Å²) in [5, 5.41) is 0.595. The fraction of sp³-hybridized carbons (Fsp3) is 0.462. The zero-order valence-corrected chi connectivity index (χ0v) is 11.8. The molecule has 0 heterocycles. The van der Waals surface area contributed by atoms with E-state index in [1.165, 1.54) is 0 Å². The van der Waals surface area contributed by atoms with Crippen molar-refractivity contribution in [2.45, 2.75) is 25.7 Å². The van der Waals surface area contributed by atoms with Crippen molar-refractivity contribution in [3.63, 3.8) is 0 Å². The summed E-state index contributed by atoms with van der Waals surface area (Å²) in [4.78, 5) is 11.4. The van der Waals surface area contributed by atoms with Gasteiger partial charge in [0.15, 0.2) is 0 Å². The second kappa shape index (κ2) is 5.87. The molecule has 1 saturated carbocycles. The summed E-state index contributed by atoms with van der Waals surface area (Å²) in [7, 11) is 0. The first kappa shape index (κ1) is 12.9. The Bertz CT molecular complexity index is 420. The normalized spacial score (nSPS) is 19.6. The number of halogens is 2. The molecule has 4 heteroatoms. The van der Waals surface area contributed by atoms with E-state index in [1.807, 2.05) is 12.1 Å². The van der Waals surface area contributed by atoms with Crippen LogP contribution >= 0.6 is 27.5 Å². The van der Waals surface area contributed by atoms with Gasteiger partial charge in [0.25, 0.3) is 0 Å². The lowest BCUT2D eigenvalue weighted by atomic mass is 10.0. The Hall–Kier alpha value is -0.540. The first-order valence-electron chi connectivity index (χ1n) is 5.77. The number of ether oxygens (including phenoxy) is 1. The Morgan fingerprint density at radius 1 is 1.47 bits per heavy atom. The molecule has 1 aromatic rings. The molecule has 1 aromatic carbocycles. The predicted molar refractivity (Wildman–Crippen MR) is 71.6 cm³/mol. The molecular weight excluding hydrogens is 303 g/mol. The van der Waals surface area contributed by atoms with E-state index in [0.29, 0.717) is 23.2 Å². The maximum absolute atomic E-state index is 11.4. The fourth-order valence-electron chi connectivity index (χ4n) is 2.10. The predicted octanol–water partition coefficient (Wildman–Crippen LogP) is 4.24. The van der Waals surface area contributed by atoms with Gasteiger partial charge in [-0.15, -0.1) is 0 Å². The van der Waals surface area contributed by atoms with Crippen LogP contribution in [0.5, 0.6) is 5.75 Å². The molecular formula is C13H14BrClO2. The van der Waals surface area contributed by atoms with Crippen molar-refractivity contribution in [3.05, 3.63) is 27.7 Å². The summed E-state index contributed by atoms with van der Waals surface area (Å²) < 4.78 is 6.53. The van der Waals surface area contributed by atoms with Crippen molar-refractivity contribution in [3.8, 4) is 5.75 Å². The number of benzene rings is 1. The van der Waals surface area contributed by atoms with Crippen molar-refractivity contribution in [1.29, 1.82) is 0 Å². The summed E-state index contributed by atoms with van der Waals surface area (Å²) in [5.74, 6) is 1.26. The zero-order valence-electron chi connectivity index (χ0n) is 9.42. The van der Waals surface area contributed by atoms with Gasteiger partial charge in [0.1, 0.15) is 11.5 Å². The average molecular weight is 318 g/mol. The van der Waals surface area contributed by atoms with Crippen molar-refractivity contribution in [1.82, 2.24) is 0 Å². The van der Waals surface area contributed by atoms with Gasteiger partial charge in [-0.2, -0.15) is 0 Å². The standard InChI is InChI=1S/C13H14BrClO2/c14-10-4-5-13(11(15)8-10)17-7-6-9-2-1-3-12(9)16/h4-5,8-9H,1-3,6-7H2. The van der Waals surface area contributed by atoms with Gasteiger partial charge in [-0.1, -0.05) is 27.5 Å². The molecule has 1 aliphatic carbocycles. The van der Waals surface area contributed by atoms with Crippen LogP contribution in [0.25, 0.3) is 0 Å². The van der Waals surface area contributed by atoms with Gasteiger partial charge in [-0.3, -0.25) is 4.79 Å². The Morgan fingerprint density at radius 2 is 2.29 bits per heavy atom. The highest BCUT2D eigenvalue weighted by Gasteiger charge is 2.23. The van der Waals surface area contributed by atoms with E-state index < -0.39 is 0 Å². The molecule has 92 valence electrons. The molecule has 1 aliphatic rings. The summed E-state index contributed by atoms with van der Waals surface area (Å²) in [6.07, 6.45) is 3.58. The van der Waals surface area contributed by atoms with Gasteiger partial charge in [0, 0.05) is 16.8 Å². The molecule has 0 amide bonds. The molecule has 0 spiro atoms. The van der Waals surface area contributed by atoms with Crippen LogP contribution in [0, 0.1) is 5.92 Å². The van der Waals surface area contributed by atoms with Crippen LogP contribution in [0.2, 0.25) is 5.02 Å². The number of carbonyl (C=O) groups excluding carboxylic acids is 1. The number of rotatable bonds is 4. The van der Waals surface area contributed by atoms with Crippen molar-refractivity contribution >= 4 is 33.3 Å². The van der Waals surface area contributed by atoms with E-state index in [4.69, 9.17) is 16.3 Å². The number of Topliss-reactive ketones (excluding diaryl/α,β-unsaturated/α-hetero) is 1. The van der Waals surface area contributed by atoms with Gasteiger partial charge in [0.2, 0.25) is 0 Å². The van der Waals surface area contributed by atoms with Gasteiger partial charge in [-0.25, -0.2) is 0 Å². The molecule has 1 unspecified atom stereocenters. The van der Waals surface area contributed by atoms with E-state index in [9.17, 15) is 4.79 Å². The van der Waals surface area contributed by atoms with Crippen LogP contribution in [-0.2, 0) is 4.79 Å². The van der Waals surface area contributed by atoms with E-state index in [0.717, 1.165) is 30.2 Å². The molecule has 0 bridgehead atoms. The molecule has 2 rings (SSSR count). The SMILES string of the molecule is O=C1CCCC1CCOc1ccc(Br)cc1Cl. The second-order valence-electron chi connectivity index (χ2n) is 4.27. The minimum atomic E-state index is 0.198. The van der Waals surface area contributed by atoms with Crippen LogP contribution in [0.15, 0.2) is 22.7 Å². The molecule has 17 heavy (non-hydrogen) atoms. The Balaban J connectivity index is 1.83. The summed E-state index contributed by atoms with van der Waals surface area (Å²) in [6, 6.07) is 5.53. The highest BCUT2D eigenvalue weighted by molar-refractivity contribution is 9.10. The molecule has 0 saturated heterocycles. The number of hydrogen-bond donors (Lipinski definition) is 0. The average Bonchev–Trinajstić information content (AvgIpc) is 2.68. The molecule has 0 aliphatic heterocycles. The lowest BCUT2D eigenvalue weighted by molar-refractivity contribution is -0.121. The summed E-state index contributed by atoms with van der Waals surface area (Å²) in [5.41, 5.74) is 0. The lowest BCUT2D eigenvalue weighted by Crippen LogP contribution is -2.11. The van der Waals surface area contributed by atoms with Crippen LogP contribution in [0.1, 0.15) is 25.7 Å². The van der Waals surface area contributed by atoms with E-state index >= 15 is 0 Å². The molecule has 1 fully saturated rings. The molecule has 1 atom stereocenters.